The first-order valence-electron chi connectivity index (χ1n) is 7.31. The van der Waals surface area contributed by atoms with E-state index < -0.39 is 0 Å². The average molecular weight is 276 g/mol. The quantitative estimate of drug-likeness (QED) is 0.868. The molecule has 1 amide bonds. The molecular weight excluding hydrogens is 252 g/mol. The van der Waals surface area contributed by atoms with Gasteiger partial charge in [0.1, 0.15) is 0 Å². The van der Waals surface area contributed by atoms with Gasteiger partial charge in [-0.3, -0.25) is 4.79 Å². The molecule has 110 valence electrons. The summed E-state index contributed by atoms with van der Waals surface area (Å²) in [5, 5.41) is 6.42. The lowest BCUT2D eigenvalue weighted by Crippen LogP contribution is -2.26. The van der Waals surface area contributed by atoms with Crippen molar-refractivity contribution < 1.29 is 9.53 Å². The van der Waals surface area contributed by atoms with Gasteiger partial charge in [0.05, 0.1) is 6.61 Å². The van der Waals surface area contributed by atoms with Gasteiger partial charge in [-0.15, -0.1) is 0 Å². The van der Waals surface area contributed by atoms with Crippen molar-refractivity contribution in [1.82, 2.24) is 0 Å². The summed E-state index contributed by atoms with van der Waals surface area (Å²) < 4.78 is 5.42. The summed E-state index contributed by atoms with van der Waals surface area (Å²) in [6.07, 6.45) is 1.11. The number of benzene rings is 1. The maximum atomic E-state index is 11.7. The molecular formula is C16H24N2O2. The Balaban J connectivity index is 1.96. The molecule has 2 atom stereocenters. The molecule has 2 N–H and O–H groups in total. The fourth-order valence-electron chi connectivity index (χ4n) is 2.30. The van der Waals surface area contributed by atoms with Crippen LogP contribution >= 0.6 is 0 Å². The topological polar surface area (TPSA) is 50.4 Å². The number of hydrogen-bond acceptors (Lipinski definition) is 3. The first-order valence-corrected chi connectivity index (χ1v) is 7.31. The maximum absolute atomic E-state index is 11.7. The van der Waals surface area contributed by atoms with E-state index in [1.807, 2.05) is 38.1 Å². The minimum Gasteiger partial charge on any atom is -0.382 e. The first-order chi connectivity index (χ1) is 9.56. The molecule has 0 radical (unpaired) electrons. The van der Waals surface area contributed by atoms with E-state index in [0.29, 0.717) is 12.0 Å². The summed E-state index contributed by atoms with van der Waals surface area (Å²) in [6.45, 7) is 7.65. The predicted molar refractivity (Wildman–Crippen MR) is 81.9 cm³/mol. The second-order valence-electron chi connectivity index (χ2n) is 5.78. The van der Waals surface area contributed by atoms with Crippen molar-refractivity contribution in [2.24, 2.45) is 11.8 Å². The van der Waals surface area contributed by atoms with E-state index in [0.717, 1.165) is 31.0 Å². The van der Waals surface area contributed by atoms with E-state index in [1.54, 1.807) is 0 Å². The fraction of sp³-hybridized carbons (Fsp3) is 0.562. The van der Waals surface area contributed by atoms with Crippen LogP contribution in [0.3, 0.4) is 0 Å². The minimum absolute atomic E-state index is 0.0128. The van der Waals surface area contributed by atoms with Gasteiger partial charge in [0.2, 0.25) is 5.91 Å². The zero-order valence-corrected chi connectivity index (χ0v) is 12.5. The third-order valence-electron chi connectivity index (χ3n) is 3.72. The van der Waals surface area contributed by atoms with Crippen LogP contribution in [0.15, 0.2) is 24.3 Å². The molecule has 0 aliphatic carbocycles. The van der Waals surface area contributed by atoms with Crippen LogP contribution in [-0.2, 0) is 9.53 Å². The van der Waals surface area contributed by atoms with E-state index in [-0.39, 0.29) is 11.8 Å². The van der Waals surface area contributed by atoms with Crippen molar-refractivity contribution in [3.8, 4) is 0 Å². The lowest BCUT2D eigenvalue weighted by Gasteiger charge is -2.21. The van der Waals surface area contributed by atoms with Gasteiger partial charge in [-0.1, -0.05) is 19.9 Å². The zero-order valence-electron chi connectivity index (χ0n) is 12.5. The van der Waals surface area contributed by atoms with Gasteiger partial charge in [0.15, 0.2) is 0 Å². The van der Waals surface area contributed by atoms with Gasteiger partial charge in [0.25, 0.3) is 0 Å². The second-order valence-corrected chi connectivity index (χ2v) is 5.78. The molecule has 2 rings (SSSR count). The van der Waals surface area contributed by atoms with Crippen molar-refractivity contribution in [3.05, 3.63) is 24.3 Å². The van der Waals surface area contributed by atoms with E-state index in [4.69, 9.17) is 4.74 Å². The molecule has 0 bridgehead atoms. The van der Waals surface area contributed by atoms with Crippen molar-refractivity contribution in [2.45, 2.75) is 33.2 Å². The SMILES string of the molecule is CC(C)C(=O)Nc1cccc(NC(C)C2CCOC2)c1. The van der Waals surface area contributed by atoms with Crippen molar-refractivity contribution in [2.75, 3.05) is 23.8 Å². The summed E-state index contributed by atoms with van der Waals surface area (Å²) in [5.74, 6) is 0.587. The largest absolute Gasteiger partial charge is 0.382 e. The van der Waals surface area contributed by atoms with Gasteiger partial charge in [-0.2, -0.15) is 0 Å². The van der Waals surface area contributed by atoms with E-state index in [2.05, 4.69) is 17.6 Å². The Hall–Kier alpha value is -1.55. The summed E-state index contributed by atoms with van der Waals surface area (Å²) >= 11 is 0. The third-order valence-corrected chi connectivity index (χ3v) is 3.72. The number of rotatable bonds is 5. The van der Waals surface area contributed by atoms with Gasteiger partial charge >= 0.3 is 0 Å². The molecule has 4 heteroatoms. The molecule has 0 saturated carbocycles. The van der Waals surface area contributed by atoms with Crippen LogP contribution in [0.1, 0.15) is 27.2 Å². The molecule has 1 aromatic carbocycles. The molecule has 0 aromatic heterocycles. The first kappa shape index (κ1) is 14.9. The summed E-state index contributed by atoms with van der Waals surface area (Å²) in [5.41, 5.74) is 1.87. The molecule has 0 spiro atoms. The Kier molecular flexibility index (Phi) is 5.01. The second kappa shape index (κ2) is 6.75. The Morgan fingerprint density at radius 3 is 2.70 bits per heavy atom. The highest BCUT2D eigenvalue weighted by Gasteiger charge is 2.22. The van der Waals surface area contributed by atoms with E-state index in [1.165, 1.54) is 0 Å². The van der Waals surface area contributed by atoms with Crippen LogP contribution < -0.4 is 10.6 Å². The van der Waals surface area contributed by atoms with Crippen LogP contribution in [-0.4, -0.2) is 25.2 Å². The van der Waals surface area contributed by atoms with Crippen LogP contribution in [0.2, 0.25) is 0 Å². The molecule has 1 aliphatic heterocycles. The minimum atomic E-state index is -0.0128. The highest BCUT2D eigenvalue weighted by atomic mass is 16.5. The molecule has 1 aliphatic rings. The van der Waals surface area contributed by atoms with Gasteiger partial charge in [-0.25, -0.2) is 0 Å². The average Bonchev–Trinajstić information content (AvgIpc) is 2.92. The lowest BCUT2D eigenvalue weighted by molar-refractivity contribution is -0.118. The summed E-state index contributed by atoms with van der Waals surface area (Å²) in [6, 6.07) is 8.24. The Morgan fingerprint density at radius 1 is 1.30 bits per heavy atom. The van der Waals surface area contributed by atoms with Crippen molar-refractivity contribution in [3.63, 3.8) is 0 Å². The normalized spacial score (nSPS) is 19.9. The van der Waals surface area contributed by atoms with Crippen LogP contribution in [0.25, 0.3) is 0 Å². The number of carbonyl (C=O) groups excluding carboxylic acids is 1. The molecule has 4 nitrogen and oxygen atoms in total. The molecule has 20 heavy (non-hydrogen) atoms. The van der Waals surface area contributed by atoms with Crippen LogP contribution in [0.4, 0.5) is 11.4 Å². The number of amides is 1. The van der Waals surface area contributed by atoms with Gasteiger partial charge in [0, 0.05) is 35.9 Å². The summed E-state index contributed by atoms with van der Waals surface area (Å²) in [4.78, 5) is 11.7. The van der Waals surface area contributed by atoms with Gasteiger partial charge in [-0.05, 0) is 31.5 Å². The highest BCUT2D eigenvalue weighted by Crippen LogP contribution is 2.22. The van der Waals surface area contributed by atoms with E-state index in [9.17, 15) is 4.79 Å². The van der Waals surface area contributed by atoms with Crippen LogP contribution in [0, 0.1) is 11.8 Å². The molecule has 1 heterocycles. The van der Waals surface area contributed by atoms with Crippen molar-refractivity contribution in [1.29, 1.82) is 0 Å². The molecule has 1 aromatic rings. The number of anilines is 2. The molecule has 1 saturated heterocycles. The lowest BCUT2D eigenvalue weighted by atomic mass is 10.0. The Bertz CT molecular complexity index is 454. The predicted octanol–water partition coefficient (Wildman–Crippen LogP) is 3.12. The monoisotopic (exact) mass is 276 g/mol. The molecule has 1 fully saturated rings. The Labute approximate surface area is 120 Å². The third kappa shape index (κ3) is 3.97. The number of carbonyl (C=O) groups is 1. The Morgan fingerprint density at radius 2 is 2.05 bits per heavy atom. The van der Waals surface area contributed by atoms with Crippen LogP contribution in [0.5, 0.6) is 0 Å². The number of nitrogens with one attached hydrogen (secondary N) is 2. The molecule has 2 unspecified atom stereocenters. The zero-order chi connectivity index (χ0) is 14.5. The summed E-state index contributed by atoms with van der Waals surface area (Å²) in [7, 11) is 0. The maximum Gasteiger partial charge on any atom is 0.226 e. The fourth-order valence-corrected chi connectivity index (χ4v) is 2.30. The van der Waals surface area contributed by atoms with Crippen molar-refractivity contribution >= 4 is 17.3 Å². The standard InChI is InChI=1S/C16H24N2O2/c1-11(2)16(19)18-15-6-4-5-14(9-15)17-12(3)13-7-8-20-10-13/h4-6,9,11-13,17H,7-8,10H2,1-3H3,(H,18,19). The highest BCUT2D eigenvalue weighted by molar-refractivity contribution is 5.92. The number of hydrogen-bond donors (Lipinski definition) is 2. The smallest absolute Gasteiger partial charge is 0.226 e. The van der Waals surface area contributed by atoms with E-state index >= 15 is 0 Å². The van der Waals surface area contributed by atoms with Gasteiger partial charge < -0.3 is 15.4 Å². The number of ether oxygens (including phenoxy) is 1.